The highest BCUT2D eigenvalue weighted by atomic mass is 16.3. The molecule has 1 atom stereocenters. The van der Waals surface area contributed by atoms with Gasteiger partial charge in [-0.05, 0) is 25.5 Å². The predicted octanol–water partition coefficient (Wildman–Crippen LogP) is 5.42. The standard InChI is InChI=1S/C26H22N2O3/c1-15-8-10-17(11-9-15)21-13-22(28-27-21)20-12-19-16(2)26(31-24(19)14-23(20)29)25(30)18-6-4-3-5-7-18/h3-12,14,21,27,29H,13H2,1-2H3. The Balaban J connectivity index is 1.48. The average Bonchev–Trinajstić information content (AvgIpc) is 3.39. The van der Waals surface area contributed by atoms with Crippen molar-refractivity contribution in [1.29, 1.82) is 0 Å². The molecule has 1 aliphatic heterocycles. The Kier molecular flexibility index (Phi) is 4.59. The molecule has 2 N–H and O–H groups in total. The van der Waals surface area contributed by atoms with Crippen LogP contribution in [0.5, 0.6) is 5.75 Å². The molecular formula is C26H22N2O3. The molecule has 4 aromatic rings. The summed E-state index contributed by atoms with van der Waals surface area (Å²) in [5, 5.41) is 15.9. The number of hydrogen-bond acceptors (Lipinski definition) is 5. The summed E-state index contributed by atoms with van der Waals surface area (Å²) in [5.41, 5.74) is 8.78. The molecule has 0 radical (unpaired) electrons. The van der Waals surface area contributed by atoms with Crippen LogP contribution in [0.25, 0.3) is 11.0 Å². The highest BCUT2D eigenvalue weighted by Gasteiger charge is 2.25. The van der Waals surface area contributed by atoms with E-state index in [-0.39, 0.29) is 17.6 Å². The Morgan fingerprint density at radius 2 is 1.81 bits per heavy atom. The number of hydrazone groups is 1. The smallest absolute Gasteiger partial charge is 0.228 e. The Bertz CT molecular complexity index is 1320. The normalized spacial score (nSPS) is 15.7. The first-order valence-electron chi connectivity index (χ1n) is 10.3. The minimum Gasteiger partial charge on any atom is -0.507 e. The van der Waals surface area contributed by atoms with Gasteiger partial charge in [-0.1, -0.05) is 60.2 Å². The number of fused-ring (bicyclic) bond motifs is 1. The summed E-state index contributed by atoms with van der Waals surface area (Å²) in [6.45, 7) is 3.93. The SMILES string of the molecule is Cc1ccc(C2CC(c3cc4c(C)c(C(=O)c5ccccc5)oc4cc3O)=NN2)cc1. The number of aryl methyl sites for hydroxylation is 2. The van der Waals surface area contributed by atoms with E-state index >= 15 is 0 Å². The molecule has 0 spiro atoms. The van der Waals surface area contributed by atoms with Gasteiger partial charge < -0.3 is 14.9 Å². The molecule has 0 aliphatic carbocycles. The maximum absolute atomic E-state index is 12.9. The number of phenols is 1. The molecule has 1 unspecified atom stereocenters. The fraction of sp³-hybridized carbons (Fsp3) is 0.154. The number of nitrogens with one attached hydrogen (secondary N) is 1. The highest BCUT2D eigenvalue weighted by molar-refractivity contribution is 6.12. The second-order valence-electron chi connectivity index (χ2n) is 7.97. The third-order valence-electron chi connectivity index (χ3n) is 5.84. The summed E-state index contributed by atoms with van der Waals surface area (Å²) in [6.07, 6.45) is 0.662. The molecule has 1 aliphatic rings. The van der Waals surface area contributed by atoms with Gasteiger partial charge in [0.05, 0.1) is 11.8 Å². The van der Waals surface area contributed by atoms with Crippen LogP contribution in [0, 0.1) is 13.8 Å². The second kappa shape index (κ2) is 7.43. The van der Waals surface area contributed by atoms with Gasteiger partial charge in [0, 0.05) is 34.6 Å². The Hall–Kier alpha value is -3.86. The molecule has 0 fully saturated rings. The zero-order chi connectivity index (χ0) is 21.5. The zero-order valence-electron chi connectivity index (χ0n) is 17.3. The Labute approximate surface area is 180 Å². The third kappa shape index (κ3) is 3.38. The van der Waals surface area contributed by atoms with Crippen LogP contribution in [0.1, 0.15) is 50.8 Å². The van der Waals surface area contributed by atoms with E-state index in [1.165, 1.54) is 5.56 Å². The molecule has 1 aromatic heterocycles. The fourth-order valence-corrected chi connectivity index (χ4v) is 4.03. The zero-order valence-corrected chi connectivity index (χ0v) is 17.3. The number of aromatic hydroxyl groups is 1. The second-order valence-corrected chi connectivity index (χ2v) is 7.97. The molecule has 2 heterocycles. The highest BCUT2D eigenvalue weighted by Crippen LogP contribution is 2.35. The first kappa shape index (κ1) is 19.1. The topological polar surface area (TPSA) is 74.8 Å². The lowest BCUT2D eigenvalue weighted by atomic mass is 9.96. The Morgan fingerprint density at radius 1 is 1.06 bits per heavy atom. The Morgan fingerprint density at radius 3 is 2.55 bits per heavy atom. The maximum Gasteiger partial charge on any atom is 0.228 e. The van der Waals surface area contributed by atoms with Gasteiger partial charge in [0.25, 0.3) is 0 Å². The van der Waals surface area contributed by atoms with E-state index in [0.29, 0.717) is 28.9 Å². The lowest BCUT2D eigenvalue weighted by Gasteiger charge is -2.10. The van der Waals surface area contributed by atoms with Crippen LogP contribution in [0.3, 0.4) is 0 Å². The number of benzene rings is 3. The summed E-state index contributed by atoms with van der Waals surface area (Å²) in [4.78, 5) is 12.9. The molecule has 5 nitrogen and oxygen atoms in total. The van der Waals surface area contributed by atoms with Gasteiger partial charge in [-0.2, -0.15) is 5.10 Å². The number of phenolic OH excluding ortho intramolecular Hbond substituents is 1. The lowest BCUT2D eigenvalue weighted by molar-refractivity contribution is 0.101. The van der Waals surface area contributed by atoms with E-state index in [2.05, 4.69) is 41.7 Å². The van der Waals surface area contributed by atoms with Gasteiger partial charge >= 0.3 is 0 Å². The van der Waals surface area contributed by atoms with Gasteiger partial charge in [-0.3, -0.25) is 4.79 Å². The van der Waals surface area contributed by atoms with E-state index in [4.69, 9.17) is 4.42 Å². The summed E-state index contributed by atoms with van der Waals surface area (Å²) < 4.78 is 5.85. The maximum atomic E-state index is 12.9. The van der Waals surface area contributed by atoms with Crippen LogP contribution in [-0.4, -0.2) is 16.6 Å². The predicted molar refractivity (Wildman–Crippen MR) is 121 cm³/mol. The van der Waals surface area contributed by atoms with Gasteiger partial charge in [0.2, 0.25) is 5.78 Å². The molecule has 0 saturated carbocycles. The first-order chi connectivity index (χ1) is 15.0. The van der Waals surface area contributed by atoms with Crippen LogP contribution in [-0.2, 0) is 0 Å². The fourth-order valence-electron chi connectivity index (χ4n) is 4.03. The molecule has 31 heavy (non-hydrogen) atoms. The van der Waals surface area contributed by atoms with E-state index in [1.807, 2.05) is 31.2 Å². The minimum absolute atomic E-state index is 0.0614. The van der Waals surface area contributed by atoms with Crippen LogP contribution in [0.4, 0.5) is 0 Å². The third-order valence-corrected chi connectivity index (χ3v) is 5.84. The quantitative estimate of drug-likeness (QED) is 0.440. The van der Waals surface area contributed by atoms with E-state index in [0.717, 1.165) is 22.2 Å². The summed E-state index contributed by atoms with van der Waals surface area (Å²) >= 11 is 0. The lowest BCUT2D eigenvalue weighted by Crippen LogP contribution is -2.09. The van der Waals surface area contributed by atoms with E-state index in [1.54, 1.807) is 18.2 Å². The van der Waals surface area contributed by atoms with Crippen molar-refractivity contribution < 1.29 is 14.3 Å². The summed E-state index contributed by atoms with van der Waals surface area (Å²) in [6, 6.07) is 20.9. The number of rotatable bonds is 4. The number of hydrogen-bond donors (Lipinski definition) is 2. The van der Waals surface area contributed by atoms with Gasteiger partial charge in [0.15, 0.2) is 5.76 Å². The number of furan rings is 1. The number of carbonyl (C=O) groups excluding carboxylic acids is 1. The van der Waals surface area contributed by atoms with Gasteiger partial charge in [0.1, 0.15) is 11.3 Å². The molecule has 0 saturated heterocycles. The van der Waals surface area contributed by atoms with Crippen LogP contribution < -0.4 is 5.43 Å². The van der Waals surface area contributed by atoms with Crippen molar-refractivity contribution in [3.63, 3.8) is 0 Å². The van der Waals surface area contributed by atoms with Crippen molar-refractivity contribution in [2.45, 2.75) is 26.3 Å². The number of carbonyl (C=O) groups is 1. The monoisotopic (exact) mass is 410 g/mol. The number of ketones is 1. The van der Waals surface area contributed by atoms with Crippen molar-refractivity contribution in [3.05, 3.63) is 100 Å². The largest absolute Gasteiger partial charge is 0.507 e. The van der Waals surface area contributed by atoms with Crippen molar-refractivity contribution in [1.82, 2.24) is 5.43 Å². The molecular weight excluding hydrogens is 388 g/mol. The van der Waals surface area contributed by atoms with Crippen molar-refractivity contribution >= 4 is 22.5 Å². The first-order valence-corrected chi connectivity index (χ1v) is 10.3. The molecule has 0 amide bonds. The molecule has 0 bridgehead atoms. The van der Waals surface area contributed by atoms with Crippen molar-refractivity contribution in [3.8, 4) is 5.75 Å². The molecule has 5 heteroatoms. The summed E-state index contributed by atoms with van der Waals surface area (Å²) in [5.74, 6) is 0.210. The number of nitrogens with zero attached hydrogens (tertiary/aromatic N) is 1. The molecule has 5 rings (SSSR count). The summed E-state index contributed by atoms with van der Waals surface area (Å²) in [7, 11) is 0. The van der Waals surface area contributed by atoms with E-state index in [9.17, 15) is 9.90 Å². The van der Waals surface area contributed by atoms with Crippen LogP contribution in [0.15, 0.2) is 76.2 Å². The van der Waals surface area contributed by atoms with E-state index < -0.39 is 0 Å². The molecule has 3 aromatic carbocycles. The van der Waals surface area contributed by atoms with Crippen LogP contribution >= 0.6 is 0 Å². The minimum atomic E-state index is -0.172. The molecule has 154 valence electrons. The van der Waals surface area contributed by atoms with Gasteiger partial charge in [-0.15, -0.1) is 0 Å². The van der Waals surface area contributed by atoms with Gasteiger partial charge in [-0.25, -0.2) is 0 Å². The van der Waals surface area contributed by atoms with Crippen molar-refractivity contribution in [2.75, 3.05) is 0 Å². The van der Waals surface area contributed by atoms with Crippen molar-refractivity contribution in [2.24, 2.45) is 5.10 Å². The van der Waals surface area contributed by atoms with Crippen LogP contribution in [0.2, 0.25) is 0 Å². The average molecular weight is 410 g/mol.